The average Bonchev–Trinajstić information content (AvgIpc) is 3.44. The summed E-state index contributed by atoms with van der Waals surface area (Å²) in [6.07, 6.45) is 4.99. The molecule has 1 saturated carbocycles. The molecule has 1 fully saturated rings. The largest absolute Gasteiger partial charge is 0.367 e. The maximum absolute atomic E-state index is 5.47. The fourth-order valence-corrected chi connectivity index (χ4v) is 4.54. The van der Waals surface area contributed by atoms with Crippen LogP contribution >= 0.6 is 25.7 Å². The van der Waals surface area contributed by atoms with E-state index in [1.165, 1.54) is 15.2 Å². The molecular weight excluding hydrogens is 456 g/mol. The molecule has 0 spiro atoms. The Morgan fingerprint density at radius 1 is 1.18 bits per heavy atom. The van der Waals surface area contributed by atoms with Gasteiger partial charge < -0.3 is 5.32 Å². The zero-order chi connectivity index (χ0) is 21.9. The summed E-state index contributed by atoms with van der Waals surface area (Å²) < 4.78 is 8.27. The van der Waals surface area contributed by atoms with Crippen molar-refractivity contribution in [2.24, 2.45) is 11.8 Å². The van der Waals surface area contributed by atoms with Gasteiger partial charge in [-0.3, -0.25) is 5.84 Å². The summed E-state index contributed by atoms with van der Waals surface area (Å²) in [5, 5.41) is 10.9. The van der Waals surface area contributed by atoms with Gasteiger partial charge in [0.05, 0.1) is 12.3 Å². The lowest BCUT2D eigenvalue weighted by atomic mass is 10.0. The topological polar surface area (TPSA) is 89.9 Å². The molecule has 2 atom stereocenters. The van der Waals surface area contributed by atoms with Gasteiger partial charge in [-0.05, 0) is 42.0 Å². The number of nitrogens with one attached hydrogen (secondary N) is 1. The molecule has 10 heteroatoms. The van der Waals surface area contributed by atoms with Crippen molar-refractivity contribution in [3.63, 3.8) is 0 Å². The standard InChI is InChI=1S/C23H26N6O2S.H2S/c1-28(24)32-31-30-15-16-9-10-18(13-16)26-22-11-12-25-23-14-21(27-29(22)23)20-8-4-6-17-5-2-3-7-19(17)20;/h2-8,11-12,14,16,18,26H,9-10,13,15,24H2,1H3;1H2. The van der Waals surface area contributed by atoms with Crippen molar-refractivity contribution in [3.8, 4) is 11.3 Å². The van der Waals surface area contributed by atoms with Crippen LogP contribution in [0, 0.1) is 5.92 Å². The lowest BCUT2D eigenvalue weighted by molar-refractivity contribution is -0.203. The second-order valence-electron chi connectivity index (χ2n) is 8.15. The van der Waals surface area contributed by atoms with Gasteiger partial charge >= 0.3 is 0 Å². The molecule has 5 rings (SSSR count). The van der Waals surface area contributed by atoms with Gasteiger partial charge in [0.2, 0.25) is 0 Å². The number of hydrogen-bond donors (Lipinski definition) is 2. The fourth-order valence-electron chi connectivity index (χ4n) is 4.35. The number of aromatic nitrogens is 3. The molecule has 2 aromatic carbocycles. The summed E-state index contributed by atoms with van der Waals surface area (Å²) in [5.41, 5.74) is 2.85. The van der Waals surface area contributed by atoms with Crippen LogP contribution in [-0.2, 0) is 9.22 Å². The molecule has 1 aliphatic rings. The van der Waals surface area contributed by atoms with Crippen molar-refractivity contribution >= 4 is 48.0 Å². The Balaban J connectivity index is 0.00000259. The van der Waals surface area contributed by atoms with Crippen molar-refractivity contribution < 1.29 is 9.22 Å². The lowest BCUT2D eigenvalue weighted by Crippen LogP contribution is -2.19. The average molecular weight is 485 g/mol. The summed E-state index contributed by atoms with van der Waals surface area (Å²) in [6, 6.07) is 19.1. The second-order valence-corrected chi connectivity index (χ2v) is 9.01. The molecule has 8 nitrogen and oxygen atoms in total. The van der Waals surface area contributed by atoms with E-state index in [-0.39, 0.29) is 13.5 Å². The van der Waals surface area contributed by atoms with E-state index in [9.17, 15) is 0 Å². The van der Waals surface area contributed by atoms with Crippen molar-refractivity contribution in [2.45, 2.75) is 25.3 Å². The van der Waals surface area contributed by atoms with Crippen LogP contribution in [0.2, 0.25) is 0 Å². The van der Waals surface area contributed by atoms with Crippen molar-refractivity contribution in [1.82, 2.24) is 19.0 Å². The number of nitrogens with zero attached hydrogens (tertiary/aromatic N) is 4. The van der Waals surface area contributed by atoms with Gasteiger partial charge in [-0.1, -0.05) is 42.5 Å². The number of nitrogens with two attached hydrogens (primary N) is 1. The highest BCUT2D eigenvalue weighted by molar-refractivity contribution is 7.92. The van der Waals surface area contributed by atoms with Crippen LogP contribution in [0.25, 0.3) is 27.7 Å². The van der Waals surface area contributed by atoms with Crippen LogP contribution < -0.4 is 11.2 Å². The Morgan fingerprint density at radius 2 is 2.03 bits per heavy atom. The summed E-state index contributed by atoms with van der Waals surface area (Å²) in [6.45, 7) is 0.553. The summed E-state index contributed by atoms with van der Waals surface area (Å²) in [5.74, 6) is 6.86. The molecule has 2 heterocycles. The minimum atomic E-state index is 0. The van der Waals surface area contributed by atoms with Gasteiger partial charge in [0, 0.05) is 30.9 Å². The smallest absolute Gasteiger partial charge is 0.157 e. The Hall–Kier alpha value is -2.34. The molecule has 1 aliphatic carbocycles. The van der Waals surface area contributed by atoms with Gasteiger partial charge in [-0.15, -0.1) is 4.33 Å². The molecule has 0 radical (unpaired) electrons. The predicted octanol–water partition coefficient (Wildman–Crippen LogP) is 4.56. The molecule has 0 bridgehead atoms. The Morgan fingerprint density at radius 3 is 2.91 bits per heavy atom. The minimum absolute atomic E-state index is 0. The van der Waals surface area contributed by atoms with Crippen LogP contribution in [0.5, 0.6) is 0 Å². The number of fused-ring (bicyclic) bond motifs is 2. The van der Waals surface area contributed by atoms with Crippen LogP contribution in [-0.4, -0.2) is 38.7 Å². The highest BCUT2D eigenvalue weighted by Gasteiger charge is 2.26. The molecule has 33 heavy (non-hydrogen) atoms. The number of anilines is 1. The first-order valence-corrected chi connectivity index (χ1v) is 11.4. The maximum atomic E-state index is 5.47. The molecule has 2 unspecified atom stereocenters. The highest BCUT2D eigenvalue weighted by Crippen LogP contribution is 2.31. The molecule has 2 aromatic heterocycles. The quantitative estimate of drug-likeness (QED) is 0.0940. The molecule has 0 saturated heterocycles. The first-order valence-electron chi connectivity index (χ1n) is 10.7. The van der Waals surface area contributed by atoms with Gasteiger partial charge in [0.25, 0.3) is 0 Å². The molecule has 174 valence electrons. The summed E-state index contributed by atoms with van der Waals surface area (Å²) >= 11 is 0.975. The van der Waals surface area contributed by atoms with Crippen LogP contribution in [0.1, 0.15) is 19.3 Å². The summed E-state index contributed by atoms with van der Waals surface area (Å²) in [4.78, 5) is 9.80. The highest BCUT2D eigenvalue weighted by atomic mass is 32.2. The summed E-state index contributed by atoms with van der Waals surface area (Å²) in [7, 11) is 1.69. The Labute approximate surface area is 204 Å². The number of benzene rings is 2. The monoisotopic (exact) mass is 484 g/mol. The van der Waals surface area contributed by atoms with Crippen LogP contribution in [0.3, 0.4) is 0 Å². The fraction of sp³-hybridized carbons (Fsp3) is 0.304. The molecule has 4 aromatic rings. The van der Waals surface area contributed by atoms with Gasteiger partial charge in [0.1, 0.15) is 18.0 Å². The van der Waals surface area contributed by atoms with Crippen molar-refractivity contribution in [3.05, 3.63) is 60.8 Å². The number of rotatable bonds is 8. The third kappa shape index (κ3) is 5.43. The molecular formula is C23H28N6O2S2. The van der Waals surface area contributed by atoms with E-state index >= 15 is 0 Å². The SMILES string of the molecule is CN(N)SOOCC1CCC(Nc2ccnc3cc(-c4cccc5ccccc45)nn23)C1.S. The Kier molecular flexibility index (Phi) is 7.74. The van der Waals surface area contributed by atoms with Crippen LogP contribution in [0.4, 0.5) is 5.82 Å². The number of hydrogen-bond acceptors (Lipinski definition) is 8. The first-order chi connectivity index (χ1) is 15.7. The Bertz CT molecular complexity index is 1210. The van der Waals surface area contributed by atoms with E-state index in [0.717, 1.165) is 54.2 Å². The van der Waals surface area contributed by atoms with Crippen molar-refractivity contribution in [1.29, 1.82) is 0 Å². The van der Waals surface area contributed by atoms with Crippen molar-refractivity contribution in [2.75, 3.05) is 19.0 Å². The van der Waals surface area contributed by atoms with E-state index < -0.39 is 0 Å². The lowest BCUT2D eigenvalue weighted by Gasteiger charge is -2.15. The maximum Gasteiger partial charge on any atom is 0.157 e. The first kappa shape index (κ1) is 23.8. The van der Waals surface area contributed by atoms with E-state index in [2.05, 4.69) is 52.8 Å². The van der Waals surface area contributed by atoms with Gasteiger partial charge in [-0.2, -0.15) is 27.5 Å². The molecule has 0 aliphatic heterocycles. The minimum Gasteiger partial charge on any atom is -0.367 e. The van der Waals surface area contributed by atoms with Gasteiger partial charge in [-0.25, -0.2) is 9.87 Å². The van der Waals surface area contributed by atoms with Gasteiger partial charge in [0.15, 0.2) is 5.65 Å². The third-order valence-corrected chi connectivity index (χ3v) is 6.21. The zero-order valence-electron chi connectivity index (χ0n) is 18.3. The predicted molar refractivity (Wildman–Crippen MR) is 138 cm³/mol. The van der Waals surface area contributed by atoms with E-state index in [4.69, 9.17) is 20.2 Å². The van der Waals surface area contributed by atoms with E-state index in [1.54, 1.807) is 7.05 Å². The molecule has 3 N–H and O–H groups in total. The third-order valence-electron chi connectivity index (χ3n) is 5.82. The van der Waals surface area contributed by atoms with E-state index in [1.807, 2.05) is 22.8 Å². The van der Waals surface area contributed by atoms with Crippen LogP contribution in [0.15, 0.2) is 60.8 Å². The zero-order valence-corrected chi connectivity index (χ0v) is 20.2. The molecule has 0 amide bonds. The normalized spacial score (nSPS) is 18.2. The number of hydrazine groups is 1. The van der Waals surface area contributed by atoms with E-state index in [0.29, 0.717) is 18.6 Å². The second kappa shape index (κ2) is 10.7.